The van der Waals surface area contributed by atoms with Crippen LogP contribution < -0.4 is 0 Å². The molecule has 0 fully saturated rings. The molecule has 0 aromatic carbocycles. The van der Waals surface area contributed by atoms with Crippen molar-refractivity contribution in [1.29, 1.82) is 0 Å². The van der Waals surface area contributed by atoms with E-state index < -0.39 is 0 Å². The quantitative estimate of drug-likeness (QED) is 0.422. The number of ether oxygens (including phenoxy) is 1. The van der Waals surface area contributed by atoms with Gasteiger partial charge in [-0.2, -0.15) is 0 Å². The van der Waals surface area contributed by atoms with Crippen LogP contribution in [0.5, 0.6) is 0 Å². The Hall–Kier alpha value is 0.0129. The van der Waals surface area contributed by atoms with Crippen LogP contribution in [0.15, 0.2) is 0 Å². The van der Waals surface area contributed by atoms with Gasteiger partial charge in [-0.25, -0.2) is 0 Å². The summed E-state index contributed by atoms with van der Waals surface area (Å²) in [5, 5.41) is 0. The first-order valence-electron chi connectivity index (χ1n) is 2.46. The average molecular weight is 179 g/mol. The van der Waals surface area contributed by atoms with Gasteiger partial charge in [0, 0.05) is 6.42 Å². The second-order valence-electron chi connectivity index (χ2n) is 1.16. The molecule has 0 aliphatic heterocycles. The third-order valence-electron chi connectivity index (χ3n) is 0.594. The normalized spacial score (nSPS) is 7.25. The van der Waals surface area contributed by atoms with Crippen LogP contribution in [0.25, 0.3) is 0 Å². The van der Waals surface area contributed by atoms with Crippen LogP contribution in [0, 0.1) is 0 Å². The number of hydrogen-bond donors (Lipinski definition) is 0. The Morgan fingerprint density at radius 3 is 2.12 bits per heavy atom. The van der Waals surface area contributed by atoms with E-state index in [1.54, 1.807) is 13.8 Å². The molecule has 0 N–H and O–H groups in total. The zero-order valence-electron chi connectivity index (χ0n) is 4.73. The van der Waals surface area contributed by atoms with Crippen LogP contribution >= 0.6 is 0 Å². The molecule has 0 aromatic rings. The SMILES string of the molecule is CCOC(=O)CC.[GeH4]. The van der Waals surface area contributed by atoms with Gasteiger partial charge in [-0.3, -0.25) is 4.79 Å². The van der Waals surface area contributed by atoms with Gasteiger partial charge in [-0.15, -0.1) is 0 Å². The molecule has 50 valence electrons. The zero-order chi connectivity index (χ0) is 5.70. The fourth-order valence-electron chi connectivity index (χ4n) is 0.263. The number of carbonyl (C=O) groups excluding carboxylic acids is 1. The summed E-state index contributed by atoms with van der Waals surface area (Å²) in [7, 11) is 0. The molecular formula is C5H14GeO2. The van der Waals surface area contributed by atoms with E-state index in [2.05, 4.69) is 4.74 Å². The minimum atomic E-state index is -0.123. The van der Waals surface area contributed by atoms with Crippen molar-refractivity contribution in [2.75, 3.05) is 6.61 Å². The van der Waals surface area contributed by atoms with Crippen LogP contribution in [0.4, 0.5) is 0 Å². The second kappa shape index (κ2) is 7.01. The van der Waals surface area contributed by atoms with Crippen molar-refractivity contribution in [3.8, 4) is 0 Å². The van der Waals surface area contributed by atoms with Crippen molar-refractivity contribution >= 4 is 23.6 Å². The monoisotopic (exact) mass is 180 g/mol. The summed E-state index contributed by atoms with van der Waals surface area (Å²) in [5.41, 5.74) is 0. The molecule has 0 bridgehead atoms. The predicted octanol–water partition coefficient (Wildman–Crippen LogP) is -0.492. The third kappa shape index (κ3) is 6.01. The van der Waals surface area contributed by atoms with Gasteiger partial charge in [0.1, 0.15) is 0 Å². The molecule has 0 saturated heterocycles. The van der Waals surface area contributed by atoms with Gasteiger partial charge in [-0.05, 0) is 6.92 Å². The van der Waals surface area contributed by atoms with Crippen molar-refractivity contribution in [1.82, 2.24) is 0 Å². The Balaban J connectivity index is 0. The van der Waals surface area contributed by atoms with Gasteiger partial charge in [-0.1, -0.05) is 6.92 Å². The second-order valence-corrected chi connectivity index (χ2v) is 1.16. The molecule has 2 nitrogen and oxygen atoms in total. The molecule has 0 aliphatic rings. The molecule has 0 unspecified atom stereocenters. The Morgan fingerprint density at radius 2 is 2.00 bits per heavy atom. The zero-order valence-corrected chi connectivity index (χ0v) is 4.73. The van der Waals surface area contributed by atoms with Gasteiger partial charge < -0.3 is 4.74 Å². The molecule has 0 spiro atoms. The Bertz CT molecular complexity index is 63.4. The molecule has 0 radical (unpaired) electrons. The van der Waals surface area contributed by atoms with Crippen molar-refractivity contribution in [3.63, 3.8) is 0 Å². The Labute approximate surface area is 60.6 Å². The van der Waals surface area contributed by atoms with Crippen molar-refractivity contribution < 1.29 is 9.53 Å². The van der Waals surface area contributed by atoms with Crippen LogP contribution in [-0.2, 0) is 9.53 Å². The summed E-state index contributed by atoms with van der Waals surface area (Å²) in [5.74, 6) is -0.123. The molecule has 0 aliphatic carbocycles. The maximum atomic E-state index is 10.2. The Kier molecular flexibility index (Phi) is 9.55. The third-order valence-corrected chi connectivity index (χ3v) is 0.594. The van der Waals surface area contributed by atoms with E-state index in [4.69, 9.17) is 0 Å². The van der Waals surface area contributed by atoms with Crippen molar-refractivity contribution in [3.05, 3.63) is 0 Å². The molecule has 0 atom stereocenters. The fourth-order valence-corrected chi connectivity index (χ4v) is 0.263. The molecule has 3 heteroatoms. The van der Waals surface area contributed by atoms with E-state index in [0.29, 0.717) is 13.0 Å². The topological polar surface area (TPSA) is 26.3 Å². The van der Waals surface area contributed by atoms with Gasteiger partial charge in [0.15, 0.2) is 0 Å². The van der Waals surface area contributed by atoms with Crippen LogP contribution in [0.1, 0.15) is 20.3 Å². The van der Waals surface area contributed by atoms with Crippen LogP contribution in [0.3, 0.4) is 0 Å². The van der Waals surface area contributed by atoms with Crippen LogP contribution in [0.2, 0.25) is 0 Å². The summed E-state index contributed by atoms with van der Waals surface area (Å²) < 4.78 is 4.55. The van der Waals surface area contributed by atoms with E-state index in [0.717, 1.165) is 0 Å². The summed E-state index contributed by atoms with van der Waals surface area (Å²) >= 11 is 0. The maximum absolute atomic E-state index is 10.2. The van der Waals surface area contributed by atoms with E-state index in [9.17, 15) is 4.79 Å². The molecule has 0 amide bonds. The number of esters is 1. The molecule has 0 aromatic heterocycles. The van der Waals surface area contributed by atoms with E-state index in [1.807, 2.05) is 0 Å². The number of rotatable bonds is 2. The van der Waals surface area contributed by atoms with E-state index >= 15 is 0 Å². The minimum absolute atomic E-state index is 0. The van der Waals surface area contributed by atoms with E-state index in [1.165, 1.54) is 0 Å². The number of hydrogen-bond acceptors (Lipinski definition) is 2. The van der Waals surface area contributed by atoms with Gasteiger partial charge in [0.2, 0.25) is 0 Å². The Morgan fingerprint density at radius 1 is 1.50 bits per heavy atom. The average Bonchev–Trinajstić information content (AvgIpc) is 1.68. The van der Waals surface area contributed by atoms with E-state index in [-0.39, 0.29) is 23.6 Å². The molecule has 0 saturated carbocycles. The van der Waals surface area contributed by atoms with Crippen molar-refractivity contribution in [2.45, 2.75) is 20.3 Å². The van der Waals surface area contributed by atoms with Crippen molar-refractivity contribution in [2.24, 2.45) is 0 Å². The molecular weight excluding hydrogens is 165 g/mol. The summed E-state index contributed by atoms with van der Waals surface area (Å²) in [6, 6.07) is 0. The standard InChI is InChI=1S/C5H10O2.GeH4/c1-3-5(6)7-4-2;/h3-4H2,1-2H3;1H4. The fraction of sp³-hybridized carbons (Fsp3) is 0.800. The summed E-state index contributed by atoms with van der Waals surface area (Å²) in [6.07, 6.45) is 0.480. The molecule has 0 heterocycles. The molecule has 0 rings (SSSR count). The van der Waals surface area contributed by atoms with Gasteiger partial charge >= 0.3 is 23.6 Å². The first-order chi connectivity index (χ1) is 3.31. The first kappa shape index (κ1) is 10.9. The van der Waals surface area contributed by atoms with Crippen LogP contribution in [-0.4, -0.2) is 30.2 Å². The van der Waals surface area contributed by atoms with Gasteiger partial charge in [0.25, 0.3) is 0 Å². The summed E-state index contributed by atoms with van der Waals surface area (Å²) in [4.78, 5) is 10.2. The predicted molar refractivity (Wildman–Crippen MR) is 38.3 cm³/mol. The summed E-state index contributed by atoms with van der Waals surface area (Å²) in [6.45, 7) is 4.07. The molecule has 8 heavy (non-hydrogen) atoms. The van der Waals surface area contributed by atoms with Gasteiger partial charge in [0.05, 0.1) is 6.61 Å². The number of carbonyl (C=O) groups is 1. The first-order valence-corrected chi connectivity index (χ1v) is 2.46.